The van der Waals surface area contributed by atoms with Crippen LogP contribution >= 0.6 is 11.6 Å². The van der Waals surface area contributed by atoms with Gasteiger partial charge in [-0.05, 0) is 42.3 Å². The lowest BCUT2D eigenvalue weighted by Gasteiger charge is -2.09. The molecule has 0 saturated heterocycles. The van der Waals surface area contributed by atoms with Crippen molar-refractivity contribution in [1.29, 1.82) is 0 Å². The number of nitrogens with zero attached hydrogens (tertiary/aromatic N) is 2. The minimum Gasteiger partial charge on any atom is -0.350 e. The summed E-state index contributed by atoms with van der Waals surface area (Å²) < 4.78 is 0. The Labute approximate surface area is 151 Å². The van der Waals surface area contributed by atoms with Gasteiger partial charge in [0.15, 0.2) is 0 Å². The molecule has 5 nitrogen and oxygen atoms in total. The molecule has 1 amide bonds. The van der Waals surface area contributed by atoms with Crippen LogP contribution in [0.3, 0.4) is 0 Å². The Kier molecular flexibility index (Phi) is 5.26. The molecular weight excluding hydrogens is 336 g/mol. The van der Waals surface area contributed by atoms with E-state index in [1.54, 1.807) is 12.3 Å². The van der Waals surface area contributed by atoms with Gasteiger partial charge in [-0.1, -0.05) is 41.9 Å². The van der Waals surface area contributed by atoms with Crippen LogP contribution in [0.25, 0.3) is 0 Å². The van der Waals surface area contributed by atoms with Crippen LogP contribution < -0.4 is 10.6 Å². The molecule has 0 atom stereocenters. The molecular formula is C19H17ClN4O. The highest BCUT2D eigenvalue weighted by Gasteiger charge is 2.10. The molecule has 3 rings (SSSR count). The number of carbonyl (C=O) groups excluding carboxylic acids is 1. The molecule has 1 aromatic heterocycles. The number of aromatic nitrogens is 2. The van der Waals surface area contributed by atoms with E-state index >= 15 is 0 Å². The number of amides is 1. The van der Waals surface area contributed by atoms with Crippen molar-refractivity contribution >= 4 is 29.1 Å². The summed E-state index contributed by atoms with van der Waals surface area (Å²) in [5.41, 5.74) is 3.10. The van der Waals surface area contributed by atoms with E-state index in [4.69, 9.17) is 11.6 Å². The maximum atomic E-state index is 12.4. The first-order chi connectivity index (χ1) is 12.1. The van der Waals surface area contributed by atoms with Gasteiger partial charge in [-0.3, -0.25) is 4.79 Å². The van der Waals surface area contributed by atoms with Crippen LogP contribution in [0.2, 0.25) is 5.02 Å². The van der Waals surface area contributed by atoms with Gasteiger partial charge in [0.25, 0.3) is 5.91 Å². The number of nitrogens with one attached hydrogen (secondary N) is 2. The first-order valence-corrected chi connectivity index (χ1v) is 8.18. The number of halogens is 1. The van der Waals surface area contributed by atoms with Gasteiger partial charge in [-0.2, -0.15) is 0 Å². The van der Waals surface area contributed by atoms with Crippen molar-refractivity contribution in [1.82, 2.24) is 9.97 Å². The third kappa shape index (κ3) is 4.55. The van der Waals surface area contributed by atoms with Crippen molar-refractivity contribution in [3.63, 3.8) is 0 Å². The summed E-state index contributed by atoms with van der Waals surface area (Å²) in [7, 11) is 0. The van der Waals surface area contributed by atoms with E-state index in [2.05, 4.69) is 20.6 Å². The van der Waals surface area contributed by atoms with Gasteiger partial charge in [0.2, 0.25) is 5.95 Å². The molecule has 0 aliphatic heterocycles. The third-order valence-electron chi connectivity index (χ3n) is 3.65. The van der Waals surface area contributed by atoms with Crippen LogP contribution in [0.1, 0.15) is 21.6 Å². The molecule has 0 radical (unpaired) electrons. The average Bonchev–Trinajstić information content (AvgIpc) is 2.63. The van der Waals surface area contributed by atoms with Crippen LogP contribution in [0.5, 0.6) is 0 Å². The molecule has 2 aromatic carbocycles. The van der Waals surface area contributed by atoms with Gasteiger partial charge < -0.3 is 10.6 Å². The number of aryl methyl sites for hydroxylation is 1. The molecule has 3 aromatic rings. The number of para-hydroxylation sites is 1. The van der Waals surface area contributed by atoms with Crippen molar-refractivity contribution in [2.75, 3.05) is 10.6 Å². The largest absolute Gasteiger partial charge is 0.350 e. The van der Waals surface area contributed by atoms with E-state index in [0.29, 0.717) is 23.2 Å². The second-order valence-electron chi connectivity index (χ2n) is 5.51. The van der Waals surface area contributed by atoms with E-state index in [1.165, 1.54) is 0 Å². The molecule has 0 saturated carbocycles. The van der Waals surface area contributed by atoms with E-state index < -0.39 is 0 Å². The second kappa shape index (κ2) is 7.77. The molecule has 0 aliphatic carbocycles. The SMILES string of the molecule is Cc1ccccc1NC(=O)c1ccnc(NCc2ccc(Cl)cc2)n1. The monoisotopic (exact) mass is 352 g/mol. The highest BCUT2D eigenvalue weighted by molar-refractivity contribution is 6.30. The normalized spacial score (nSPS) is 10.3. The average molecular weight is 353 g/mol. The van der Waals surface area contributed by atoms with Gasteiger partial charge in [0.05, 0.1) is 0 Å². The number of hydrogen-bond donors (Lipinski definition) is 2. The number of anilines is 2. The molecule has 0 spiro atoms. The zero-order chi connectivity index (χ0) is 17.6. The van der Waals surface area contributed by atoms with Crippen molar-refractivity contribution in [3.8, 4) is 0 Å². The third-order valence-corrected chi connectivity index (χ3v) is 3.90. The van der Waals surface area contributed by atoms with Gasteiger partial charge in [-0.25, -0.2) is 9.97 Å². The Morgan fingerprint density at radius 2 is 1.84 bits per heavy atom. The van der Waals surface area contributed by atoms with Crippen molar-refractivity contribution in [2.24, 2.45) is 0 Å². The van der Waals surface area contributed by atoms with Crippen molar-refractivity contribution in [3.05, 3.63) is 82.6 Å². The lowest BCUT2D eigenvalue weighted by Crippen LogP contribution is -2.16. The molecule has 0 fully saturated rings. The zero-order valence-electron chi connectivity index (χ0n) is 13.7. The Bertz CT molecular complexity index is 881. The molecule has 0 aliphatic rings. The van der Waals surface area contributed by atoms with Crippen LogP contribution in [0.4, 0.5) is 11.6 Å². The predicted molar refractivity (Wildman–Crippen MR) is 99.9 cm³/mol. The summed E-state index contributed by atoms with van der Waals surface area (Å²) in [5.74, 6) is 0.124. The van der Waals surface area contributed by atoms with Gasteiger partial charge in [0, 0.05) is 23.5 Å². The maximum absolute atomic E-state index is 12.4. The predicted octanol–water partition coefficient (Wildman–Crippen LogP) is 4.30. The smallest absolute Gasteiger partial charge is 0.274 e. The van der Waals surface area contributed by atoms with E-state index in [9.17, 15) is 4.79 Å². The van der Waals surface area contributed by atoms with Crippen LogP contribution in [-0.2, 0) is 6.54 Å². The second-order valence-corrected chi connectivity index (χ2v) is 5.95. The molecule has 126 valence electrons. The fourth-order valence-corrected chi connectivity index (χ4v) is 2.38. The Morgan fingerprint density at radius 1 is 1.08 bits per heavy atom. The quantitative estimate of drug-likeness (QED) is 0.718. The Morgan fingerprint density at radius 3 is 2.60 bits per heavy atom. The highest BCUT2D eigenvalue weighted by atomic mass is 35.5. The molecule has 1 heterocycles. The molecule has 0 unspecified atom stereocenters. The lowest BCUT2D eigenvalue weighted by atomic mass is 10.2. The summed E-state index contributed by atoms with van der Waals surface area (Å²) in [6.45, 7) is 2.48. The first-order valence-electron chi connectivity index (χ1n) is 7.80. The fraction of sp³-hybridized carbons (Fsp3) is 0.105. The minimum atomic E-state index is -0.272. The molecule has 6 heteroatoms. The molecule has 2 N–H and O–H groups in total. The van der Waals surface area contributed by atoms with Gasteiger partial charge >= 0.3 is 0 Å². The minimum absolute atomic E-state index is 0.272. The van der Waals surface area contributed by atoms with Gasteiger partial charge in [0.1, 0.15) is 5.69 Å². The number of benzene rings is 2. The molecule has 0 bridgehead atoms. The number of carbonyl (C=O) groups is 1. The lowest BCUT2D eigenvalue weighted by molar-refractivity contribution is 0.102. The van der Waals surface area contributed by atoms with Crippen LogP contribution in [0.15, 0.2) is 60.8 Å². The summed E-state index contributed by atoms with van der Waals surface area (Å²) in [4.78, 5) is 20.8. The van der Waals surface area contributed by atoms with Crippen molar-refractivity contribution in [2.45, 2.75) is 13.5 Å². The fourth-order valence-electron chi connectivity index (χ4n) is 2.25. The Balaban J connectivity index is 1.67. The van der Waals surface area contributed by atoms with E-state index in [1.807, 2.05) is 55.5 Å². The number of hydrogen-bond acceptors (Lipinski definition) is 4. The van der Waals surface area contributed by atoms with Crippen LogP contribution in [0, 0.1) is 6.92 Å². The first kappa shape index (κ1) is 16.9. The Hall–Kier alpha value is -2.92. The standard InChI is InChI=1S/C19H17ClN4O/c1-13-4-2-3-5-16(13)23-18(25)17-10-11-21-19(24-17)22-12-14-6-8-15(20)9-7-14/h2-11H,12H2,1H3,(H,23,25)(H,21,22,24). The van der Waals surface area contributed by atoms with Crippen molar-refractivity contribution < 1.29 is 4.79 Å². The van der Waals surface area contributed by atoms with Gasteiger partial charge in [-0.15, -0.1) is 0 Å². The highest BCUT2D eigenvalue weighted by Crippen LogP contribution is 2.15. The summed E-state index contributed by atoms with van der Waals surface area (Å²) >= 11 is 5.87. The summed E-state index contributed by atoms with van der Waals surface area (Å²) in [6, 6.07) is 16.7. The topological polar surface area (TPSA) is 66.9 Å². The zero-order valence-corrected chi connectivity index (χ0v) is 14.4. The summed E-state index contributed by atoms with van der Waals surface area (Å²) in [6.07, 6.45) is 1.56. The van der Waals surface area contributed by atoms with E-state index in [0.717, 1.165) is 16.8 Å². The summed E-state index contributed by atoms with van der Waals surface area (Å²) in [5, 5.41) is 6.66. The number of rotatable bonds is 5. The molecule has 25 heavy (non-hydrogen) atoms. The van der Waals surface area contributed by atoms with E-state index in [-0.39, 0.29) is 5.91 Å². The maximum Gasteiger partial charge on any atom is 0.274 e. The van der Waals surface area contributed by atoms with Crippen LogP contribution in [-0.4, -0.2) is 15.9 Å².